The maximum absolute atomic E-state index is 12.6. The lowest BCUT2D eigenvalue weighted by molar-refractivity contribution is -0.387. The Morgan fingerprint density at radius 2 is 1.63 bits per heavy atom. The minimum Gasteiger partial charge on any atom is -0.375 e. The minimum atomic E-state index is -0.791. The van der Waals surface area contributed by atoms with E-state index in [1.165, 1.54) is 17.8 Å². The minimum absolute atomic E-state index is 0.468. The maximum Gasteiger partial charge on any atom is 0.305 e. The molecule has 0 aliphatic heterocycles. The van der Waals surface area contributed by atoms with Crippen LogP contribution in [0.15, 0.2) is 36.4 Å². The molecule has 0 spiro atoms. The number of hydrogen-bond acceptors (Lipinski definition) is 3. The maximum atomic E-state index is 12.6. The molecule has 0 aromatic heterocycles. The van der Waals surface area contributed by atoms with Crippen molar-refractivity contribution in [3.8, 4) is 0 Å². The average Bonchev–Trinajstić information content (AvgIpc) is 2.68. The fourth-order valence-corrected chi connectivity index (χ4v) is 1.94. The number of nitro benzene ring substituents is 1. The van der Waals surface area contributed by atoms with Gasteiger partial charge in [0.15, 0.2) is 0 Å². The van der Waals surface area contributed by atoms with Crippen molar-refractivity contribution in [1.82, 2.24) is 0 Å². The van der Waals surface area contributed by atoms with Crippen molar-refractivity contribution in [2.45, 2.75) is 48.5 Å². The van der Waals surface area contributed by atoms with Crippen LogP contribution >= 0.6 is 11.6 Å². The quantitative estimate of drug-likeness (QED) is 0.405. The first kappa shape index (κ1) is 27.1. The average molecular weight is 399 g/mol. The molecule has 0 bridgehead atoms. The van der Waals surface area contributed by atoms with E-state index < -0.39 is 16.4 Å². The van der Waals surface area contributed by atoms with E-state index in [1.54, 1.807) is 6.92 Å². The Labute approximate surface area is 168 Å². The van der Waals surface area contributed by atoms with Gasteiger partial charge in [0.25, 0.3) is 0 Å². The molecule has 27 heavy (non-hydrogen) atoms. The smallest absolute Gasteiger partial charge is 0.305 e. The van der Waals surface area contributed by atoms with E-state index in [0.29, 0.717) is 5.56 Å². The monoisotopic (exact) mass is 398 g/mol. The Morgan fingerprint density at radius 3 is 2.04 bits per heavy atom. The molecule has 0 radical (unpaired) electrons. The standard InChI is InChI=1S/C10H14ClN.C7H6FNO2.2C2H6/c1-4-12(3)9-6-5-8(2)10(11)7-9;1-5-2-3-6(8)7(4-5)9(10)11;2*1-2/h5-7H,4H2,1-3H3;2-4H,1H3;2*1-2H3. The summed E-state index contributed by atoms with van der Waals surface area (Å²) in [5.41, 5.74) is 2.51. The van der Waals surface area contributed by atoms with E-state index in [-0.39, 0.29) is 0 Å². The molecule has 4 nitrogen and oxygen atoms in total. The molecule has 0 saturated heterocycles. The van der Waals surface area contributed by atoms with E-state index in [4.69, 9.17) is 11.6 Å². The van der Waals surface area contributed by atoms with Crippen molar-refractivity contribution in [1.29, 1.82) is 0 Å². The van der Waals surface area contributed by atoms with Gasteiger partial charge >= 0.3 is 5.69 Å². The van der Waals surface area contributed by atoms with Crippen LogP contribution in [0.1, 0.15) is 45.7 Å². The second kappa shape index (κ2) is 15.0. The van der Waals surface area contributed by atoms with E-state index in [0.717, 1.165) is 23.2 Å². The van der Waals surface area contributed by atoms with Crippen LogP contribution in [-0.2, 0) is 0 Å². The Morgan fingerprint density at radius 1 is 1.07 bits per heavy atom. The molecule has 0 amide bonds. The number of anilines is 1. The zero-order chi connectivity index (χ0) is 21.6. The van der Waals surface area contributed by atoms with Crippen LogP contribution < -0.4 is 4.90 Å². The normalized spacial score (nSPS) is 8.81. The second-order valence-electron chi connectivity index (χ2n) is 5.16. The fourth-order valence-electron chi connectivity index (χ4n) is 1.76. The predicted molar refractivity (Wildman–Crippen MR) is 116 cm³/mol. The summed E-state index contributed by atoms with van der Waals surface area (Å²) in [6.45, 7) is 14.8. The van der Waals surface area contributed by atoms with Crippen LogP contribution in [0.2, 0.25) is 5.02 Å². The van der Waals surface area contributed by atoms with Crippen molar-refractivity contribution in [3.63, 3.8) is 0 Å². The number of nitro groups is 1. The molecule has 0 aliphatic rings. The molecule has 0 N–H and O–H groups in total. The van der Waals surface area contributed by atoms with Gasteiger partial charge in [0, 0.05) is 30.4 Å². The predicted octanol–water partition coefficient (Wildman–Crippen LogP) is 7.20. The molecule has 0 aliphatic carbocycles. The second-order valence-corrected chi connectivity index (χ2v) is 5.57. The highest BCUT2D eigenvalue weighted by atomic mass is 35.5. The van der Waals surface area contributed by atoms with Crippen molar-refractivity contribution >= 4 is 23.0 Å². The van der Waals surface area contributed by atoms with Crippen LogP contribution in [-0.4, -0.2) is 18.5 Å². The van der Waals surface area contributed by atoms with Crippen LogP contribution in [0, 0.1) is 29.8 Å². The van der Waals surface area contributed by atoms with Crippen molar-refractivity contribution in [2.75, 3.05) is 18.5 Å². The number of benzene rings is 2. The van der Waals surface area contributed by atoms with Gasteiger partial charge in [-0.2, -0.15) is 4.39 Å². The van der Waals surface area contributed by atoms with Gasteiger partial charge in [-0.15, -0.1) is 0 Å². The highest BCUT2D eigenvalue weighted by Crippen LogP contribution is 2.22. The summed E-state index contributed by atoms with van der Waals surface area (Å²) in [7, 11) is 2.06. The highest BCUT2D eigenvalue weighted by Gasteiger charge is 2.12. The Balaban J connectivity index is 0. The number of nitrogens with zero attached hydrogens (tertiary/aromatic N) is 2. The Kier molecular flexibility index (Phi) is 15.0. The van der Waals surface area contributed by atoms with Gasteiger partial charge in [0.1, 0.15) is 0 Å². The zero-order valence-electron chi connectivity index (χ0n) is 17.6. The molecular formula is C21H32ClFN2O2. The first-order valence-electron chi connectivity index (χ1n) is 9.14. The van der Waals surface area contributed by atoms with E-state index in [9.17, 15) is 14.5 Å². The number of rotatable bonds is 3. The van der Waals surface area contributed by atoms with Crippen LogP contribution in [0.4, 0.5) is 15.8 Å². The van der Waals surface area contributed by atoms with Crippen molar-refractivity contribution < 1.29 is 9.31 Å². The van der Waals surface area contributed by atoms with E-state index >= 15 is 0 Å². The summed E-state index contributed by atoms with van der Waals surface area (Å²) >= 11 is 5.99. The van der Waals surface area contributed by atoms with Crippen LogP contribution in [0.5, 0.6) is 0 Å². The Hall–Kier alpha value is -2.14. The van der Waals surface area contributed by atoms with E-state index in [1.807, 2.05) is 46.8 Å². The van der Waals surface area contributed by atoms with Crippen molar-refractivity contribution in [2.24, 2.45) is 0 Å². The third-order valence-electron chi connectivity index (χ3n) is 3.37. The Bertz CT molecular complexity index is 694. The summed E-state index contributed by atoms with van der Waals surface area (Å²) in [5, 5.41) is 11.0. The molecule has 0 atom stereocenters. The van der Waals surface area contributed by atoms with Crippen LogP contribution in [0.3, 0.4) is 0 Å². The number of halogens is 2. The highest BCUT2D eigenvalue weighted by molar-refractivity contribution is 6.31. The van der Waals surface area contributed by atoms with Gasteiger partial charge in [-0.25, -0.2) is 0 Å². The molecule has 2 aromatic carbocycles. The number of hydrogen-bond donors (Lipinski definition) is 0. The largest absolute Gasteiger partial charge is 0.375 e. The molecule has 2 aromatic rings. The lowest BCUT2D eigenvalue weighted by atomic mass is 10.2. The molecule has 0 fully saturated rings. The summed E-state index contributed by atoms with van der Waals surface area (Å²) in [4.78, 5) is 11.6. The SMILES string of the molecule is CC.CC.CCN(C)c1ccc(C)c(Cl)c1.Cc1ccc(F)c([N+](=O)[O-])c1. The topological polar surface area (TPSA) is 46.4 Å². The lowest BCUT2D eigenvalue weighted by Gasteiger charge is -2.17. The molecule has 2 rings (SSSR count). The molecule has 152 valence electrons. The summed E-state index contributed by atoms with van der Waals surface area (Å²) in [6.07, 6.45) is 0. The molecular weight excluding hydrogens is 367 g/mol. The van der Waals surface area contributed by atoms with Gasteiger partial charge in [-0.1, -0.05) is 51.4 Å². The molecule has 0 unspecified atom stereocenters. The fraction of sp³-hybridized carbons (Fsp3) is 0.429. The van der Waals surface area contributed by atoms with Crippen LogP contribution in [0.25, 0.3) is 0 Å². The molecule has 0 saturated carbocycles. The molecule has 6 heteroatoms. The van der Waals surface area contributed by atoms with Gasteiger partial charge in [-0.3, -0.25) is 10.1 Å². The summed E-state index contributed by atoms with van der Waals surface area (Å²) in [6, 6.07) is 9.92. The summed E-state index contributed by atoms with van der Waals surface area (Å²) < 4.78 is 12.6. The van der Waals surface area contributed by atoms with Gasteiger partial charge in [0.2, 0.25) is 5.82 Å². The third kappa shape index (κ3) is 9.94. The molecule has 0 heterocycles. The lowest BCUT2D eigenvalue weighted by Crippen LogP contribution is -2.15. The van der Waals surface area contributed by atoms with Gasteiger partial charge in [0.05, 0.1) is 4.92 Å². The first-order chi connectivity index (χ1) is 12.8. The van der Waals surface area contributed by atoms with Gasteiger partial charge < -0.3 is 4.90 Å². The number of aryl methyl sites for hydroxylation is 2. The van der Waals surface area contributed by atoms with Gasteiger partial charge in [-0.05, 0) is 50.1 Å². The van der Waals surface area contributed by atoms with E-state index in [2.05, 4.69) is 24.9 Å². The van der Waals surface area contributed by atoms with Crippen molar-refractivity contribution in [3.05, 3.63) is 68.5 Å². The first-order valence-corrected chi connectivity index (χ1v) is 9.51. The third-order valence-corrected chi connectivity index (χ3v) is 3.78. The zero-order valence-corrected chi connectivity index (χ0v) is 18.4. The summed E-state index contributed by atoms with van der Waals surface area (Å²) in [5.74, 6) is -0.791.